The quantitative estimate of drug-likeness (QED) is 0.163. The second-order valence-corrected chi connectivity index (χ2v) is 7.98. The molecule has 0 saturated heterocycles. The van der Waals surface area contributed by atoms with Crippen LogP contribution in [0.25, 0.3) is 21.5 Å². The topological polar surface area (TPSA) is 43.1 Å². The number of carbonyl (C=O) groups is 1. The number of nitrogen functional groups attached to an aromatic ring is 1. The number of carbonyl (C=O) groups excluding carboxylic acids is 1. The van der Waals surface area contributed by atoms with Gasteiger partial charge in [-0.25, -0.2) is 0 Å². The molecular formula is C28H27NO. The van der Waals surface area contributed by atoms with E-state index in [1.165, 1.54) is 35.4 Å². The maximum atomic E-state index is 10.0. The van der Waals surface area contributed by atoms with Crippen LogP contribution in [0.3, 0.4) is 0 Å². The highest BCUT2D eigenvalue weighted by molar-refractivity contribution is 6.12. The Kier molecular flexibility index (Phi) is 6.24. The SMILES string of the molecule is C1=CC2CCC1C2.Nc1cc2ccccc2c2ccccc12.O=Cc1ccccc1. The van der Waals surface area contributed by atoms with Crippen molar-refractivity contribution in [3.63, 3.8) is 0 Å². The number of rotatable bonds is 1. The smallest absolute Gasteiger partial charge is 0.150 e. The lowest BCUT2D eigenvalue weighted by atomic mass is 10.0. The van der Waals surface area contributed by atoms with E-state index < -0.39 is 0 Å². The molecule has 2 nitrogen and oxygen atoms in total. The number of benzene rings is 4. The van der Waals surface area contributed by atoms with E-state index in [-0.39, 0.29) is 0 Å². The standard InChI is InChI=1S/C14H11N.C7H6O.C7H10/c15-14-9-10-5-1-2-6-11(10)12-7-3-4-8-13(12)14;8-6-7-4-2-1-3-5-7;1-2-7-4-3-6(1)5-7/h1-9H,15H2;1-6H;1-2,6-7H,3-5H2. The Morgan fingerprint density at radius 2 is 1.27 bits per heavy atom. The van der Waals surface area contributed by atoms with Crippen LogP contribution in [0, 0.1) is 11.8 Å². The number of hydrogen-bond donors (Lipinski definition) is 1. The molecule has 1 fully saturated rings. The van der Waals surface area contributed by atoms with Crippen molar-refractivity contribution in [2.45, 2.75) is 19.3 Å². The van der Waals surface area contributed by atoms with Gasteiger partial charge in [0.1, 0.15) is 6.29 Å². The molecular weight excluding hydrogens is 366 g/mol. The molecule has 4 aromatic carbocycles. The van der Waals surface area contributed by atoms with Crippen molar-refractivity contribution in [3.05, 3.63) is 103 Å². The molecule has 0 amide bonds. The van der Waals surface area contributed by atoms with Gasteiger partial charge in [0.15, 0.2) is 0 Å². The molecule has 2 N–H and O–H groups in total. The van der Waals surface area contributed by atoms with Crippen molar-refractivity contribution in [2.24, 2.45) is 11.8 Å². The molecule has 2 aliphatic rings. The van der Waals surface area contributed by atoms with E-state index in [4.69, 9.17) is 5.73 Å². The van der Waals surface area contributed by atoms with Crippen LogP contribution in [0.15, 0.2) is 97.1 Å². The lowest BCUT2D eigenvalue weighted by molar-refractivity contribution is 0.112. The zero-order chi connectivity index (χ0) is 20.8. The van der Waals surface area contributed by atoms with Gasteiger partial charge < -0.3 is 5.73 Å². The molecule has 0 spiro atoms. The molecule has 2 bridgehead atoms. The van der Waals surface area contributed by atoms with Crippen LogP contribution in [-0.4, -0.2) is 6.29 Å². The number of allylic oxidation sites excluding steroid dienone is 2. The third kappa shape index (κ3) is 4.60. The minimum Gasteiger partial charge on any atom is -0.398 e. The molecule has 0 aromatic heterocycles. The average molecular weight is 394 g/mol. The summed E-state index contributed by atoms with van der Waals surface area (Å²) in [7, 11) is 0. The summed E-state index contributed by atoms with van der Waals surface area (Å²) < 4.78 is 0. The minimum absolute atomic E-state index is 0.729. The molecule has 2 unspecified atom stereocenters. The zero-order valence-corrected chi connectivity index (χ0v) is 17.1. The first kappa shape index (κ1) is 19.9. The van der Waals surface area contributed by atoms with Crippen molar-refractivity contribution in [1.82, 2.24) is 0 Å². The van der Waals surface area contributed by atoms with Crippen LogP contribution in [0.1, 0.15) is 29.6 Å². The monoisotopic (exact) mass is 393 g/mol. The summed E-state index contributed by atoms with van der Waals surface area (Å²) >= 11 is 0. The van der Waals surface area contributed by atoms with Gasteiger partial charge in [-0.1, -0.05) is 91.0 Å². The first-order valence-corrected chi connectivity index (χ1v) is 10.6. The number of hydrogen-bond acceptors (Lipinski definition) is 2. The summed E-state index contributed by atoms with van der Waals surface area (Å²) in [5.41, 5.74) is 7.60. The lowest BCUT2D eigenvalue weighted by Gasteiger charge is -2.06. The van der Waals surface area contributed by atoms with Gasteiger partial charge in [-0.15, -0.1) is 0 Å². The van der Waals surface area contributed by atoms with E-state index in [2.05, 4.69) is 42.5 Å². The summed E-state index contributed by atoms with van der Waals surface area (Å²) in [5, 5.41) is 4.83. The van der Waals surface area contributed by atoms with Crippen molar-refractivity contribution >= 4 is 33.5 Å². The molecule has 0 aliphatic heterocycles. The normalized spacial score (nSPS) is 18.4. The molecule has 6 rings (SSSR count). The summed E-state index contributed by atoms with van der Waals surface area (Å²) in [6, 6.07) is 27.7. The number of anilines is 1. The molecule has 2 atom stereocenters. The van der Waals surface area contributed by atoms with E-state index >= 15 is 0 Å². The van der Waals surface area contributed by atoms with E-state index in [9.17, 15) is 4.79 Å². The van der Waals surface area contributed by atoms with E-state index in [0.717, 1.165) is 34.8 Å². The van der Waals surface area contributed by atoms with Gasteiger partial charge in [0, 0.05) is 16.6 Å². The molecule has 4 aromatic rings. The Labute approximate surface area is 178 Å². The third-order valence-corrected chi connectivity index (χ3v) is 5.90. The molecule has 150 valence electrons. The van der Waals surface area contributed by atoms with E-state index in [0.29, 0.717) is 0 Å². The van der Waals surface area contributed by atoms with Gasteiger partial charge in [0.2, 0.25) is 0 Å². The summed E-state index contributed by atoms with van der Waals surface area (Å²) in [5.74, 6) is 1.98. The minimum atomic E-state index is 0.729. The zero-order valence-electron chi connectivity index (χ0n) is 17.1. The van der Waals surface area contributed by atoms with Crippen LogP contribution < -0.4 is 5.73 Å². The fraction of sp³-hybridized carbons (Fsp3) is 0.179. The van der Waals surface area contributed by atoms with E-state index in [1.54, 1.807) is 12.1 Å². The first-order chi connectivity index (χ1) is 14.7. The van der Waals surface area contributed by atoms with Crippen molar-refractivity contribution in [1.29, 1.82) is 0 Å². The van der Waals surface area contributed by atoms with Gasteiger partial charge in [0.05, 0.1) is 0 Å². The number of fused-ring (bicyclic) bond motifs is 5. The third-order valence-electron chi connectivity index (χ3n) is 5.90. The predicted molar refractivity (Wildman–Crippen MR) is 128 cm³/mol. The van der Waals surface area contributed by atoms with Crippen LogP contribution in [0.2, 0.25) is 0 Å². The molecule has 30 heavy (non-hydrogen) atoms. The van der Waals surface area contributed by atoms with Gasteiger partial charge in [-0.3, -0.25) is 4.79 Å². The van der Waals surface area contributed by atoms with Gasteiger partial charge in [0.25, 0.3) is 0 Å². The van der Waals surface area contributed by atoms with Crippen molar-refractivity contribution in [3.8, 4) is 0 Å². The van der Waals surface area contributed by atoms with Crippen LogP contribution in [0.5, 0.6) is 0 Å². The Bertz CT molecular complexity index is 1150. The molecule has 0 heterocycles. The largest absolute Gasteiger partial charge is 0.398 e. The van der Waals surface area contributed by atoms with Gasteiger partial charge in [-0.2, -0.15) is 0 Å². The van der Waals surface area contributed by atoms with Gasteiger partial charge in [-0.05, 0) is 53.3 Å². The summed E-state index contributed by atoms with van der Waals surface area (Å²) in [6.45, 7) is 0. The molecule has 0 radical (unpaired) electrons. The Hall–Kier alpha value is -3.39. The fourth-order valence-corrected chi connectivity index (χ4v) is 4.33. The maximum Gasteiger partial charge on any atom is 0.150 e. The van der Waals surface area contributed by atoms with E-state index in [1.807, 2.05) is 42.5 Å². The highest BCUT2D eigenvalue weighted by Gasteiger charge is 2.25. The first-order valence-electron chi connectivity index (χ1n) is 10.6. The molecule has 2 aliphatic carbocycles. The summed E-state index contributed by atoms with van der Waals surface area (Å²) in [4.78, 5) is 10.0. The maximum absolute atomic E-state index is 10.0. The second-order valence-electron chi connectivity index (χ2n) is 7.98. The highest BCUT2D eigenvalue weighted by Crippen LogP contribution is 2.38. The van der Waals surface area contributed by atoms with Gasteiger partial charge >= 0.3 is 0 Å². The summed E-state index contributed by atoms with van der Waals surface area (Å²) in [6.07, 6.45) is 10.0. The second kappa shape index (κ2) is 9.41. The molecule has 1 saturated carbocycles. The van der Waals surface area contributed by atoms with Crippen molar-refractivity contribution < 1.29 is 4.79 Å². The van der Waals surface area contributed by atoms with Crippen LogP contribution in [0.4, 0.5) is 5.69 Å². The lowest BCUT2D eigenvalue weighted by Crippen LogP contribution is -1.87. The average Bonchev–Trinajstić information content (AvgIpc) is 3.47. The fourth-order valence-electron chi connectivity index (χ4n) is 4.33. The van der Waals surface area contributed by atoms with Crippen molar-refractivity contribution in [2.75, 3.05) is 5.73 Å². The Morgan fingerprint density at radius 1 is 0.700 bits per heavy atom. The number of nitrogens with two attached hydrogens (primary N) is 1. The predicted octanol–water partition coefficient (Wildman–Crippen LogP) is 7.05. The molecule has 2 heteroatoms. The highest BCUT2D eigenvalue weighted by atomic mass is 16.1. The Balaban J connectivity index is 0.000000122. The number of aldehydes is 1. The van der Waals surface area contributed by atoms with Crippen LogP contribution in [-0.2, 0) is 0 Å². The van der Waals surface area contributed by atoms with Crippen LogP contribution >= 0.6 is 0 Å². The Morgan fingerprint density at radius 3 is 1.80 bits per heavy atom.